The van der Waals surface area contributed by atoms with E-state index < -0.39 is 0 Å². The van der Waals surface area contributed by atoms with Crippen LogP contribution < -0.4 is 0 Å². The summed E-state index contributed by atoms with van der Waals surface area (Å²) in [5.74, 6) is 0.838. The zero-order valence-electron chi connectivity index (χ0n) is 16.5. The summed E-state index contributed by atoms with van der Waals surface area (Å²) >= 11 is 0. The van der Waals surface area contributed by atoms with Gasteiger partial charge >= 0.3 is 0 Å². The number of hydrogen-bond acceptors (Lipinski definition) is 1. The molecule has 1 heteroatoms. The van der Waals surface area contributed by atoms with Crippen LogP contribution in [0, 0.1) is 5.92 Å². The summed E-state index contributed by atoms with van der Waals surface area (Å²) in [6.45, 7) is 13.9. The summed E-state index contributed by atoms with van der Waals surface area (Å²) < 4.78 is 0. The topological polar surface area (TPSA) is 3.24 Å². The van der Waals surface area contributed by atoms with Gasteiger partial charge in [-0.25, -0.2) is 0 Å². The van der Waals surface area contributed by atoms with Gasteiger partial charge in [0.25, 0.3) is 0 Å². The maximum absolute atomic E-state index is 2.78. The zero-order valence-corrected chi connectivity index (χ0v) is 16.5. The van der Waals surface area contributed by atoms with Crippen molar-refractivity contribution in [2.75, 3.05) is 13.1 Å². The van der Waals surface area contributed by atoms with E-state index in [1.165, 1.54) is 76.5 Å². The Balaban J connectivity index is 2.48. The van der Waals surface area contributed by atoms with Crippen LogP contribution in [0.1, 0.15) is 92.4 Å². The van der Waals surface area contributed by atoms with Gasteiger partial charge in [-0.15, -0.1) is 0 Å². The van der Waals surface area contributed by atoms with E-state index in [2.05, 4.69) is 51.7 Å². The van der Waals surface area contributed by atoms with Gasteiger partial charge in [-0.05, 0) is 71.8 Å². The Morgan fingerprint density at radius 2 is 1.74 bits per heavy atom. The molecule has 134 valence electrons. The van der Waals surface area contributed by atoms with Crippen molar-refractivity contribution in [3.05, 3.63) is 23.3 Å². The Bertz CT molecular complexity index is 354. The van der Waals surface area contributed by atoms with Crippen molar-refractivity contribution in [3.63, 3.8) is 0 Å². The van der Waals surface area contributed by atoms with Crippen LogP contribution in [-0.2, 0) is 0 Å². The molecule has 0 unspecified atom stereocenters. The van der Waals surface area contributed by atoms with Gasteiger partial charge in [0.2, 0.25) is 0 Å². The SMILES string of the molecule is CC(C)=CCC/C(C)=C/CN(CCCC(C)C)C1CCCCC1. The third kappa shape index (κ3) is 10.0. The average molecular weight is 320 g/mol. The van der Waals surface area contributed by atoms with Crippen molar-refractivity contribution in [3.8, 4) is 0 Å². The summed E-state index contributed by atoms with van der Waals surface area (Å²) in [5.41, 5.74) is 3.00. The van der Waals surface area contributed by atoms with E-state index in [4.69, 9.17) is 0 Å². The van der Waals surface area contributed by atoms with E-state index in [9.17, 15) is 0 Å². The Morgan fingerprint density at radius 1 is 1.04 bits per heavy atom. The van der Waals surface area contributed by atoms with Crippen molar-refractivity contribution in [2.45, 2.75) is 98.4 Å². The lowest BCUT2D eigenvalue weighted by Gasteiger charge is -2.34. The van der Waals surface area contributed by atoms with Gasteiger partial charge in [-0.2, -0.15) is 0 Å². The molecule has 1 nitrogen and oxygen atoms in total. The van der Waals surface area contributed by atoms with Crippen molar-refractivity contribution in [1.29, 1.82) is 0 Å². The molecule has 0 aromatic heterocycles. The van der Waals surface area contributed by atoms with E-state index in [0.717, 1.165) is 12.0 Å². The smallest absolute Gasteiger partial charge is 0.0168 e. The highest BCUT2D eigenvalue weighted by atomic mass is 15.1. The third-order valence-electron chi connectivity index (χ3n) is 5.08. The van der Waals surface area contributed by atoms with Gasteiger partial charge in [0.1, 0.15) is 0 Å². The van der Waals surface area contributed by atoms with Crippen LogP contribution in [0.4, 0.5) is 0 Å². The molecule has 1 aliphatic carbocycles. The monoisotopic (exact) mass is 319 g/mol. The molecule has 0 atom stereocenters. The van der Waals surface area contributed by atoms with Crippen LogP contribution in [0.25, 0.3) is 0 Å². The lowest BCUT2D eigenvalue weighted by Crippen LogP contribution is -2.37. The normalized spacial score (nSPS) is 17.1. The van der Waals surface area contributed by atoms with Crippen LogP contribution in [-0.4, -0.2) is 24.0 Å². The number of rotatable bonds is 10. The predicted molar refractivity (Wildman–Crippen MR) is 105 cm³/mol. The fourth-order valence-electron chi connectivity index (χ4n) is 3.54. The van der Waals surface area contributed by atoms with Gasteiger partial charge in [0, 0.05) is 12.6 Å². The standard InChI is InChI=1S/C22H41N/c1-19(2)11-9-13-21(5)16-18-23(17-10-12-20(3)4)22-14-7-6-8-15-22/h11,16,20,22H,6-10,12-15,17-18H2,1-5H3/b21-16+. The molecular formula is C22H41N. The number of allylic oxidation sites excluding steroid dienone is 3. The second kappa shape index (κ2) is 11.9. The molecule has 1 saturated carbocycles. The van der Waals surface area contributed by atoms with Gasteiger partial charge in [-0.3, -0.25) is 4.90 Å². The molecule has 0 aliphatic heterocycles. The van der Waals surface area contributed by atoms with Crippen LogP contribution >= 0.6 is 0 Å². The molecule has 0 aromatic carbocycles. The van der Waals surface area contributed by atoms with Crippen molar-refractivity contribution in [2.24, 2.45) is 5.92 Å². The van der Waals surface area contributed by atoms with Crippen molar-refractivity contribution >= 4 is 0 Å². The predicted octanol–water partition coefficient (Wildman–Crippen LogP) is 6.75. The average Bonchev–Trinajstić information content (AvgIpc) is 2.50. The van der Waals surface area contributed by atoms with Crippen LogP contribution in [0.2, 0.25) is 0 Å². The zero-order chi connectivity index (χ0) is 17.1. The molecule has 0 heterocycles. The minimum atomic E-state index is 0.838. The molecule has 0 saturated heterocycles. The summed E-state index contributed by atoms with van der Waals surface area (Å²) in [4.78, 5) is 2.78. The summed E-state index contributed by atoms with van der Waals surface area (Å²) in [7, 11) is 0. The van der Waals surface area contributed by atoms with E-state index in [0.29, 0.717) is 0 Å². The minimum Gasteiger partial charge on any atom is -0.297 e. The summed E-state index contributed by atoms with van der Waals surface area (Å²) in [6.07, 6.45) is 17.2. The number of nitrogens with zero attached hydrogens (tertiary/aromatic N) is 1. The number of hydrogen-bond donors (Lipinski definition) is 0. The van der Waals surface area contributed by atoms with E-state index >= 15 is 0 Å². The molecule has 1 aliphatic rings. The molecule has 0 spiro atoms. The van der Waals surface area contributed by atoms with E-state index in [-0.39, 0.29) is 0 Å². The van der Waals surface area contributed by atoms with Crippen LogP contribution in [0.3, 0.4) is 0 Å². The molecule has 0 radical (unpaired) electrons. The molecule has 0 bridgehead atoms. The first-order valence-electron chi connectivity index (χ1n) is 10.0. The van der Waals surface area contributed by atoms with Gasteiger partial charge in [0.05, 0.1) is 0 Å². The molecule has 1 rings (SSSR count). The van der Waals surface area contributed by atoms with Gasteiger partial charge in [-0.1, -0.05) is 56.4 Å². The Labute approximate surface area is 146 Å². The minimum absolute atomic E-state index is 0.838. The molecular weight excluding hydrogens is 278 g/mol. The first-order valence-corrected chi connectivity index (χ1v) is 10.0. The molecule has 0 aromatic rings. The van der Waals surface area contributed by atoms with E-state index in [1.54, 1.807) is 5.57 Å². The van der Waals surface area contributed by atoms with Crippen LogP contribution in [0.5, 0.6) is 0 Å². The van der Waals surface area contributed by atoms with Crippen molar-refractivity contribution in [1.82, 2.24) is 4.90 Å². The fourth-order valence-corrected chi connectivity index (χ4v) is 3.54. The highest BCUT2D eigenvalue weighted by molar-refractivity contribution is 5.03. The lowest BCUT2D eigenvalue weighted by molar-refractivity contribution is 0.167. The van der Waals surface area contributed by atoms with Gasteiger partial charge < -0.3 is 0 Å². The molecule has 1 fully saturated rings. The Hall–Kier alpha value is -0.560. The maximum atomic E-state index is 2.78. The lowest BCUT2D eigenvalue weighted by atomic mass is 9.93. The third-order valence-corrected chi connectivity index (χ3v) is 5.08. The first kappa shape index (κ1) is 20.5. The second-order valence-electron chi connectivity index (χ2n) is 8.19. The highest BCUT2D eigenvalue weighted by Crippen LogP contribution is 2.23. The maximum Gasteiger partial charge on any atom is 0.0168 e. The fraction of sp³-hybridized carbons (Fsp3) is 0.818. The van der Waals surface area contributed by atoms with Gasteiger partial charge in [0.15, 0.2) is 0 Å². The molecule has 0 amide bonds. The van der Waals surface area contributed by atoms with Crippen LogP contribution in [0.15, 0.2) is 23.3 Å². The molecule has 0 N–H and O–H groups in total. The highest BCUT2D eigenvalue weighted by Gasteiger charge is 2.19. The Kier molecular flexibility index (Phi) is 10.6. The first-order chi connectivity index (χ1) is 11.0. The van der Waals surface area contributed by atoms with E-state index in [1.807, 2.05) is 0 Å². The largest absolute Gasteiger partial charge is 0.297 e. The Morgan fingerprint density at radius 3 is 2.35 bits per heavy atom. The molecule has 23 heavy (non-hydrogen) atoms. The second-order valence-corrected chi connectivity index (χ2v) is 8.19. The quantitative estimate of drug-likeness (QED) is 0.402. The summed E-state index contributed by atoms with van der Waals surface area (Å²) in [5, 5.41) is 0. The van der Waals surface area contributed by atoms with Crippen molar-refractivity contribution < 1.29 is 0 Å². The summed E-state index contributed by atoms with van der Waals surface area (Å²) in [6, 6.07) is 0.845.